The Morgan fingerprint density at radius 2 is 2.27 bits per heavy atom. The minimum absolute atomic E-state index is 0.704. The molecule has 4 heteroatoms. The molecule has 0 aromatic rings. The maximum absolute atomic E-state index is 5.87. The predicted molar refractivity (Wildman–Crippen MR) is 60.4 cm³/mol. The van der Waals surface area contributed by atoms with E-state index < -0.39 is 8.53 Å². The summed E-state index contributed by atoms with van der Waals surface area (Å²) in [6.07, 6.45) is 5.62. The standard InChI is InChI=1S/C11H20NO2P/c1-2-13-15-12-7-9(8-14-15)10-5-3-4-6-11(10)12/h9-11H,2-8H2,1H3/t9-,10?,11?,15-/m1/s1. The van der Waals surface area contributed by atoms with Crippen molar-refractivity contribution in [2.45, 2.75) is 38.6 Å². The molecule has 2 bridgehead atoms. The molecule has 2 aliphatic heterocycles. The lowest BCUT2D eigenvalue weighted by Gasteiger charge is -2.34. The average Bonchev–Trinajstić information content (AvgIpc) is 2.58. The van der Waals surface area contributed by atoms with Crippen molar-refractivity contribution < 1.29 is 9.05 Å². The SMILES string of the molecule is CCO[P@]1OC[C@H]2CN1C1CCCCC12. The second-order valence-electron chi connectivity index (χ2n) is 4.85. The van der Waals surface area contributed by atoms with Crippen LogP contribution in [0.3, 0.4) is 0 Å². The fourth-order valence-corrected chi connectivity index (χ4v) is 5.17. The molecule has 0 aromatic carbocycles. The van der Waals surface area contributed by atoms with Gasteiger partial charge < -0.3 is 9.05 Å². The van der Waals surface area contributed by atoms with Crippen LogP contribution in [0.15, 0.2) is 0 Å². The lowest BCUT2D eigenvalue weighted by Crippen LogP contribution is -2.31. The molecule has 2 heterocycles. The Kier molecular flexibility index (Phi) is 2.99. The maximum atomic E-state index is 5.87. The van der Waals surface area contributed by atoms with Gasteiger partial charge in [-0.05, 0) is 25.7 Å². The molecule has 0 amide bonds. The van der Waals surface area contributed by atoms with E-state index in [2.05, 4.69) is 11.6 Å². The van der Waals surface area contributed by atoms with Crippen LogP contribution < -0.4 is 0 Å². The fourth-order valence-electron chi connectivity index (χ4n) is 3.39. The van der Waals surface area contributed by atoms with Crippen molar-refractivity contribution in [3.05, 3.63) is 0 Å². The van der Waals surface area contributed by atoms with Gasteiger partial charge in [0.05, 0.1) is 13.2 Å². The zero-order chi connectivity index (χ0) is 10.3. The molecule has 0 aromatic heterocycles. The zero-order valence-electron chi connectivity index (χ0n) is 9.39. The Balaban J connectivity index is 1.75. The van der Waals surface area contributed by atoms with Gasteiger partial charge in [0.15, 0.2) is 0 Å². The van der Waals surface area contributed by atoms with Crippen molar-refractivity contribution in [2.75, 3.05) is 19.8 Å². The van der Waals surface area contributed by atoms with E-state index in [0.717, 1.165) is 31.1 Å². The summed E-state index contributed by atoms with van der Waals surface area (Å²) >= 11 is 0. The van der Waals surface area contributed by atoms with Crippen LogP contribution >= 0.6 is 8.53 Å². The Hall–Kier alpha value is 0.310. The molecule has 3 rings (SSSR count). The molecule has 0 radical (unpaired) electrons. The minimum Gasteiger partial charge on any atom is -0.322 e. The molecule has 5 atom stereocenters. The molecule has 1 saturated carbocycles. The fraction of sp³-hybridized carbons (Fsp3) is 1.00. The molecule has 0 spiro atoms. The van der Waals surface area contributed by atoms with Gasteiger partial charge in [0.1, 0.15) is 0 Å². The topological polar surface area (TPSA) is 21.7 Å². The Morgan fingerprint density at radius 1 is 1.40 bits per heavy atom. The molecule has 3 aliphatic rings. The monoisotopic (exact) mass is 229 g/mol. The molecule has 86 valence electrons. The second-order valence-corrected chi connectivity index (χ2v) is 6.36. The van der Waals surface area contributed by atoms with E-state index in [0.29, 0.717) is 0 Å². The van der Waals surface area contributed by atoms with Gasteiger partial charge in [-0.15, -0.1) is 0 Å². The van der Waals surface area contributed by atoms with Crippen LogP contribution in [0.25, 0.3) is 0 Å². The van der Waals surface area contributed by atoms with Crippen molar-refractivity contribution >= 4 is 8.53 Å². The summed E-state index contributed by atoms with van der Waals surface area (Å²) < 4.78 is 14.1. The molecule has 3 fully saturated rings. The molecular formula is C11H20NO2P. The van der Waals surface area contributed by atoms with Gasteiger partial charge >= 0.3 is 0 Å². The van der Waals surface area contributed by atoms with Crippen molar-refractivity contribution in [2.24, 2.45) is 11.8 Å². The van der Waals surface area contributed by atoms with Gasteiger partial charge in [-0.2, -0.15) is 0 Å². The van der Waals surface area contributed by atoms with Crippen LogP contribution in [0.5, 0.6) is 0 Å². The first kappa shape index (κ1) is 10.5. The van der Waals surface area contributed by atoms with E-state index >= 15 is 0 Å². The minimum atomic E-state index is -0.704. The van der Waals surface area contributed by atoms with Gasteiger partial charge in [0.25, 0.3) is 8.53 Å². The molecule has 3 nitrogen and oxygen atoms in total. The molecular weight excluding hydrogens is 209 g/mol. The highest BCUT2D eigenvalue weighted by Gasteiger charge is 2.49. The first-order valence-corrected chi connectivity index (χ1v) is 7.35. The predicted octanol–water partition coefficient (Wildman–Crippen LogP) is 2.77. The van der Waals surface area contributed by atoms with E-state index in [1.54, 1.807) is 0 Å². The van der Waals surface area contributed by atoms with E-state index in [4.69, 9.17) is 9.05 Å². The van der Waals surface area contributed by atoms with Gasteiger partial charge in [0.2, 0.25) is 0 Å². The second kappa shape index (κ2) is 4.29. The summed E-state index contributed by atoms with van der Waals surface area (Å²) in [6, 6.07) is 0.781. The third-order valence-corrected chi connectivity index (χ3v) is 5.77. The van der Waals surface area contributed by atoms with Crippen LogP contribution in [0, 0.1) is 11.8 Å². The van der Waals surface area contributed by atoms with Crippen molar-refractivity contribution in [3.63, 3.8) is 0 Å². The summed E-state index contributed by atoms with van der Waals surface area (Å²) in [5.74, 6) is 1.71. The van der Waals surface area contributed by atoms with Gasteiger partial charge in [-0.1, -0.05) is 12.8 Å². The van der Waals surface area contributed by atoms with Gasteiger partial charge in [-0.25, -0.2) is 4.67 Å². The number of nitrogens with zero attached hydrogens (tertiary/aromatic N) is 1. The Morgan fingerprint density at radius 3 is 3.13 bits per heavy atom. The molecule has 15 heavy (non-hydrogen) atoms. The molecule has 3 unspecified atom stereocenters. The van der Waals surface area contributed by atoms with Crippen LogP contribution in [-0.4, -0.2) is 30.5 Å². The highest BCUT2D eigenvalue weighted by atomic mass is 31.2. The summed E-state index contributed by atoms with van der Waals surface area (Å²) in [4.78, 5) is 0. The summed E-state index contributed by atoms with van der Waals surface area (Å²) in [5, 5.41) is 0. The molecule has 0 N–H and O–H groups in total. The normalized spacial score (nSPS) is 49.0. The van der Waals surface area contributed by atoms with E-state index in [9.17, 15) is 0 Å². The summed E-state index contributed by atoms with van der Waals surface area (Å²) in [7, 11) is -0.704. The third-order valence-electron chi connectivity index (χ3n) is 4.04. The number of hydrogen-bond donors (Lipinski definition) is 0. The van der Waals surface area contributed by atoms with Crippen molar-refractivity contribution in [1.82, 2.24) is 4.67 Å². The zero-order valence-corrected chi connectivity index (χ0v) is 10.3. The number of fused-ring (bicyclic) bond motifs is 5. The van der Waals surface area contributed by atoms with Crippen molar-refractivity contribution in [1.29, 1.82) is 0 Å². The highest BCUT2D eigenvalue weighted by molar-refractivity contribution is 7.44. The van der Waals surface area contributed by atoms with E-state index in [1.165, 1.54) is 32.2 Å². The first-order chi connectivity index (χ1) is 7.40. The molecule has 2 saturated heterocycles. The Bertz CT molecular complexity index is 239. The van der Waals surface area contributed by atoms with Gasteiger partial charge in [0, 0.05) is 18.5 Å². The van der Waals surface area contributed by atoms with E-state index in [-0.39, 0.29) is 0 Å². The lowest BCUT2D eigenvalue weighted by molar-refractivity contribution is 0.160. The van der Waals surface area contributed by atoms with Gasteiger partial charge in [-0.3, -0.25) is 0 Å². The number of rotatable bonds is 2. The largest absolute Gasteiger partial charge is 0.322 e. The van der Waals surface area contributed by atoms with Crippen molar-refractivity contribution in [3.8, 4) is 0 Å². The van der Waals surface area contributed by atoms with Crippen LogP contribution in [0.1, 0.15) is 32.6 Å². The summed E-state index contributed by atoms with van der Waals surface area (Å²) in [5.41, 5.74) is 0. The maximum Gasteiger partial charge on any atom is 0.258 e. The average molecular weight is 229 g/mol. The molecule has 1 aliphatic carbocycles. The lowest BCUT2D eigenvalue weighted by atomic mass is 9.80. The van der Waals surface area contributed by atoms with E-state index in [1.807, 2.05) is 0 Å². The number of hydrogen-bond acceptors (Lipinski definition) is 3. The van der Waals surface area contributed by atoms with Crippen LogP contribution in [0.2, 0.25) is 0 Å². The first-order valence-electron chi connectivity index (χ1n) is 6.22. The Labute approximate surface area is 93.1 Å². The smallest absolute Gasteiger partial charge is 0.258 e. The highest BCUT2D eigenvalue weighted by Crippen LogP contribution is 2.57. The quantitative estimate of drug-likeness (QED) is 0.679. The summed E-state index contributed by atoms with van der Waals surface area (Å²) in [6.45, 7) is 5.03. The van der Waals surface area contributed by atoms with Crippen LogP contribution in [0.4, 0.5) is 0 Å². The van der Waals surface area contributed by atoms with Crippen LogP contribution in [-0.2, 0) is 9.05 Å². The third kappa shape index (κ3) is 1.74.